The number of nitrogen functional groups attached to an aromatic ring is 1. The Labute approximate surface area is 99.5 Å². The van der Waals surface area contributed by atoms with E-state index in [4.69, 9.17) is 11.5 Å². The van der Waals surface area contributed by atoms with Crippen LogP contribution in [0.5, 0.6) is 0 Å². The van der Waals surface area contributed by atoms with Crippen LogP contribution in [0.25, 0.3) is 0 Å². The summed E-state index contributed by atoms with van der Waals surface area (Å²) in [7, 11) is 0. The van der Waals surface area contributed by atoms with E-state index in [1.54, 1.807) is 12.1 Å². The van der Waals surface area contributed by atoms with Crippen LogP contribution in [0.4, 0.5) is 16.6 Å². The Kier molecular flexibility index (Phi) is 2.79. The number of rotatable bonds is 3. The number of hydrogen-bond donors (Lipinski definition) is 4. The molecule has 0 aliphatic heterocycles. The molecule has 2 rings (SSSR count). The Morgan fingerprint density at radius 3 is 2.82 bits per heavy atom. The van der Waals surface area contributed by atoms with Gasteiger partial charge in [-0.1, -0.05) is 0 Å². The number of aromatic nitrogens is 2. The van der Waals surface area contributed by atoms with Crippen molar-refractivity contribution in [1.82, 2.24) is 9.97 Å². The molecule has 0 atom stereocenters. The van der Waals surface area contributed by atoms with Crippen LogP contribution in [0, 0.1) is 0 Å². The van der Waals surface area contributed by atoms with Gasteiger partial charge >= 0.3 is 0 Å². The predicted molar refractivity (Wildman–Crippen MR) is 65.4 cm³/mol. The zero-order chi connectivity index (χ0) is 12.4. The van der Waals surface area contributed by atoms with Crippen molar-refractivity contribution < 1.29 is 4.79 Å². The van der Waals surface area contributed by atoms with Gasteiger partial charge in [0, 0.05) is 0 Å². The monoisotopic (exact) mass is 251 g/mol. The van der Waals surface area contributed by atoms with Gasteiger partial charge in [0.1, 0.15) is 5.69 Å². The summed E-state index contributed by atoms with van der Waals surface area (Å²) in [5.41, 5.74) is 10.1. The van der Waals surface area contributed by atoms with Gasteiger partial charge in [0.25, 0.3) is 11.5 Å². The maximum atomic E-state index is 11.2. The van der Waals surface area contributed by atoms with E-state index in [9.17, 15) is 9.59 Å². The molecule has 88 valence electrons. The van der Waals surface area contributed by atoms with Crippen molar-refractivity contribution >= 4 is 33.9 Å². The van der Waals surface area contributed by atoms with Gasteiger partial charge in [-0.25, -0.2) is 4.98 Å². The highest BCUT2D eigenvalue weighted by atomic mass is 32.1. The van der Waals surface area contributed by atoms with Gasteiger partial charge in [0.15, 0.2) is 0 Å². The minimum absolute atomic E-state index is 0.0413. The fourth-order valence-electron chi connectivity index (χ4n) is 1.12. The summed E-state index contributed by atoms with van der Waals surface area (Å²) < 4.78 is 0. The van der Waals surface area contributed by atoms with Crippen LogP contribution in [0.1, 0.15) is 9.67 Å². The van der Waals surface area contributed by atoms with E-state index in [1.807, 2.05) is 0 Å². The van der Waals surface area contributed by atoms with E-state index in [-0.39, 0.29) is 11.6 Å². The summed E-state index contributed by atoms with van der Waals surface area (Å²) in [5, 5.41) is 3.48. The fraction of sp³-hybridized carbons (Fsp3) is 0. The lowest BCUT2D eigenvalue weighted by molar-refractivity contribution is 0.100. The highest BCUT2D eigenvalue weighted by molar-refractivity contribution is 7.18. The topological polar surface area (TPSA) is 127 Å². The number of nitrogens with one attached hydrogen (secondary N) is 2. The number of hydrogen-bond acceptors (Lipinski definition) is 6. The third kappa shape index (κ3) is 2.42. The molecule has 17 heavy (non-hydrogen) atoms. The summed E-state index contributed by atoms with van der Waals surface area (Å²) >= 11 is 1.17. The smallest absolute Gasteiger partial charge is 0.275 e. The number of nitrogens with two attached hydrogens (primary N) is 2. The van der Waals surface area contributed by atoms with Crippen LogP contribution in [0.3, 0.4) is 0 Å². The summed E-state index contributed by atoms with van der Waals surface area (Å²) in [6, 6.07) is 3.26. The molecule has 0 spiro atoms. The van der Waals surface area contributed by atoms with Crippen molar-refractivity contribution in [2.75, 3.05) is 11.1 Å². The molecule has 0 aliphatic carbocycles. The van der Waals surface area contributed by atoms with Gasteiger partial charge in [-0.15, -0.1) is 11.3 Å². The number of aromatic amines is 1. The molecule has 0 aromatic carbocycles. The van der Waals surface area contributed by atoms with Crippen molar-refractivity contribution in [3.05, 3.63) is 33.6 Å². The van der Waals surface area contributed by atoms with Crippen LogP contribution >= 0.6 is 11.3 Å². The summed E-state index contributed by atoms with van der Waals surface area (Å²) in [4.78, 5) is 28.9. The van der Waals surface area contributed by atoms with Crippen LogP contribution in [-0.2, 0) is 0 Å². The number of primary amides is 1. The Morgan fingerprint density at radius 2 is 2.24 bits per heavy atom. The molecule has 7 nitrogen and oxygen atoms in total. The largest absolute Gasteiger partial charge is 0.393 e. The quantitative estimate of drug-likeness (QED) is 0.622. The van der Waals surface area contributed by atoms with E-state index < -0.39 is 11.5 Å². The minimum Gasteiger partial charge on any atom is -0.393 e. The van der Waals surface area contributed by atoms with Gasteiger partial charge in [-0.2, -0.15) is 0 Å². The van der Waals surface area contributed by atoms with Gasteiger partial charge in [-0.3, -0.25) is 14.6 Å². The first-order chi connectivity index (χ1) is 8.06. The summed E-state index contributed by atoms with van der Waals surface area (Å²) in [6.07, 6.45) is 1.25. The average molecular weight is 251 g/mol. The van der Waals surface area contributed by atoms with Gasteiger partial charge in [0.2, 0.25) is 5.95 Å². The van der Waals surface area contributed by atoms with Crippen LogP contribution in [-0.4, -0.2) is 15.9 Å². The number of carbonyl (C=O) groups is 1. The highest BCUT2D eigenvalue weighted by Gasteiger charge is 2.06. The van der Waals surface area contributed by atoms with Crippen molar-refractivity contribution in [3.63, 3.8) is 0 Å². The van der Waals surface area contributed by atoms with Gasteiger partial charge in [0.05, 0.1) is 16.1 Å². The second-order valence-corrected chi connectivity index (χ2v) is 4.25. The lowest BCUT2D eigenvalue weighted by Crippen LogP contribution is -2.14. The summed E-state index contributed by atoms with van der Waals surface area (Å²) in [5.74, 6) is -0.246. The van der Waals surface area contributed by atoms with Gasteiger partial charge in [-0.05, 0) is 12.1 Å². The van der Waals surface area contributed by atoms with Gasteiger partial charge < -0.3 is 16.8 Å². The zero-order valence-electron chi connectivity index (χ0n) is 8.56. The number of thiophene rings is 1. The summed E-state index contributed by atoms with van der Waals surface area (Å²) in [6.45, 7) is 0. The molecule has 1 amide bonds. The van der Waals surface area contributed by atoms with Crippen molar-refractivity contribution in [2.45, 2.75) is 0 Å². The molecule has 0 aliphatic rings. The van der Waals surface area contributed by atoms with E-state index in [1.165, 1.54) is 17.5 Å². The Morgan fingerprint density at radius 1 is 1.47 bits per heavy atom. The molecule has 0 radical (unpaired) electrons. The molecule has 2 heterocycles. The maximum Gasteiger partial charge on any atom is 0.275 e. The van der Waals surface area contributed by atoms with E-state index in [2.05, 4.69) is 15.3 Å². The first kappa shape index (κ1) is 11.1. The Hall–Kier alpha value is -2.35. The van der Waals surface area contributed by atoms with E-state index in [0.29, 0.717) is 9.88 Å². The minimum atomic E-state index is -0.498. The molecule has 0 saturated carbocycles. The SMILES string of the molecule is NC(=O)c1ccc(Nc2ncc(N)c(=O)[nH]2)s1. The zero-order valence-corrected chi connectivity index (χ0v) is 9.38. The number of H-pyrrole nitrogens is 1. The first-order valence-corrected chi connectivity index (χ1v) is 5.39. The number of carbonyl (C=O) groups excluding carboxylic acids is 1. The third-order valence-corrected chi connectivity index (χ3v) is 2.93. The lowest BCUT2D eigenvalue weighted by Gasteiger charge is -2.01. The third-order valence-electron chi connectivity index (χ3n) is 1.92. The molecule has 2 aromatic rings. The second kappa shape index (κ2) is 4.26. The van der Waals surface area contributed by atoms with Crippen molar-refractivity contribution in [3.8, 4) is 0 Å². The average Bonchev–Trinajstić information content (AvgIpc) is 2.72. The standard InChI is InChI=1S/C9H9N5O2S/c10-4-3-12-9(14-8(4)16)13-6-2-1-5(17-6)7(11)15/h1-3H,10H2,(H2,11,15)(H2,12,13,14,16). The maximum absolute atomic E-state index is 11.2. The normalized spacial score (nSPS) is 10.1. The predicted octanol–water partition coefficient (Wildman–Crippen LogP) is 0.256. The first-order valence-electron chi connectivity index (χ1n) is 4.58. The van der Waals surface area contributed by atoms with Crippen molar-refractivity contribution in [2.24, 2.45) is 5.73 Å². The molecular weight excluding hydrogens is 242 g/mol. The molecule has 0 saturated heterocycles. The number of amides is 1. The number of anilines is 3. The van der Waals surface area contributed by atoms with E-state index in [0.717, 1.165) is 0 Å². The van der Waals surface area contributed by atoms with Crippen LogP contribution < -0.4 is 22.3 Å². The van der Waals surface area contributed by atoms with Crippen LogP contribution in [0.15, 0.2) is 23.1 Å². The molecule has 2 aromatic heterocycles. The Bertz CT molecular complexity index is 618. The molecule has 0 bridgehead atoms. The molecule has 0 unspecified atom stereocenters. The van der Waals surface area contributed by atoms with Crippen LogP contribution in [0.2, 0.25) is 0 Å². The lowest BCUT2D eigenvalue weighted by atomic mass is 10.4. The van der Waals surface area contributed by atoms with E-state index >= 15 is 0 Å². The fourth-order valence-corrected chi connectivity index (χ4v) is 1.88. The highest BCUT2D eigenvalue weighted by Crippen LogP contribution is 2.23. The molecule has 6 N–H and O–H groups in total. The second-order valence-electron chi connectivity index (χ2n) is 3.17. The molecular formula is C9H9N5O2S. The number of nitrogens with zero attached hydrogens (tertiary/aromatic N) is 1. The molecule has 0 fully saturated rings. The Balaban J connectivity index is 2.22. The van der Waals surface area contributed by atoms with Crippen molar-refractivity contribution in [1.29, 1.82) is 0 Å². The molecule has 8 heteroatoms.